The monoisotopic (exact) mass is 244 g/mol. The van der Waals surface area contributed by atoms with Crippen LogP contribution in [0.2, 0.25) is 0 Å². The van der Waals surface area contributed by atoms with Gasteiger partial charge in [-0.25, -0.2) is 9.80 Å². The van der Waals surface area contributed by atoms with Crippen molar-refractivity contribution in [3.05, 3.63) is 0 Å². The third-order valence-electron chi connectivity index (χ3n) is 2.83. The number of carboxylic acids is 1. The number of amides is 2. The van der Waals surface area contributed by atoms with E-state index in [0.717, 1.165) is 0 Å². The first-order valence-corrected chi connectivity index (χ1v) is 5.61. The van der Waals surface area contributed by atoms with Crippen LogP contribution in [-0.4, -0.2) is 78.2 Å². The highest BCUT2D eigenvalue weighted by Crippen LogP contribution is 2.06. The summed E-state index contributed by atoms with van der Waals surface area (Å²) in [5.74, 6) is -0.823. The summed E-state index contributed by atoms with van der Waals surface area (Å²) >= 11 is 0. The molecule has 2 amide bonds. The number of hydrazine groups is 1. The normalized spacial score (nSPS) is 19.2. The molecule has 0 spiro atoms. The first-order chi connectivity index (χ1) is 7.91. The maximum absolute atomic E-state index is 11.7. The van der Waals surface area contributed by atoms with Gasteiger partial charge < -0.3 is 10.0 Å². The summed E-state index contributed by atoms with van der Waals surface area (Å²) in [5, 5.41) is 10.5. The van der Waals surface area contributed by atoms with E-state index in [0.29, 0.717) is 26.2 Å². The molecule has 1 unspecified atom stereocenters. The van der Waals surface area contributed by atoms with Gasteiger partial charge in [0.2, 0.25) is 0 Å². The minimum atomic E-state index is -0.823. The van der Waals surface area contributed by atoms with Crippen molar-refractivity contribution >= 4 is 12.0 Å². The minimum Gasteiger partial charge on any atom is -0.480 e. The molecule has 1 fully saturated rings. The van der Waals surface area contributed by atoms with Crippen LogP contribution in [0.1, 0.15) is 6.92 Å². The third-order valence-corrected chi connectivity index (χ3v) is 2.83. The van der Waals surface area contributed by atoms with Crippen LogP contribution in [0.15, 0.2) is 0 Å². The van der Waals surface area contributed by atoms with E-state index in [1.807, 2.05) is 4.90 Å². The Morgan fingerprint density at radius 2 is 1.76 bits per heavy atom. The van der Waals surface area contributed by atoms with E-state index in [4.69, 9.17) is 5.11 Å². The summed E-state index contributed by atoms with van der Waals surface area (Å²) in [6.45, 7) is 3.95. The van der Waals surface area contributed by atoms with Gasteiger partial charge in [0.1, 0.15) is 6.04 Å². The quantitative estimate of drug-likeness (QED) is 0.640. The number of nitrogens with zero attached hydrogens (tertiary/aromatic N) is 3. The number of nitrogens with one attached hydrogen (secondary N) is 1. The summed E-state index contributed by atoms with van der Waals surface area (Å²) in [6.07, 6.45) is 0. The fourth-order valence-corrected chi connectivity index (χ4v) is 1.73. The van der Waals surface area contributed by atoms with Gasteiger partial charge in [-0.1, -0.05) is 0 Å². The summed E-state index contributed by atoms with van der Waals surface area (Å²) in [6, 6.07) is -0.633. The van der Waals surface area contributed by atoms with Crippen molar-refractivity contribution in [3.63, 3.8) is 0 Å². The van der Waals surface area contributed by atoms with Gasteiger partial charge in [0.25, 0.3) is 0 Å². The van der Waals surface area contributed by atoms with Crippen molar-refractivity contribution in [1.29, 1.82) is 0 Å². The van der Waals surface area contributed by atoms with Crippen molar-refractivity contribution in [2.45, 2.75) is 13.0 Å². The van der Waals surface area contributed by atoms with Crippen LogP contribution in [-0.2, 0) is 4.79 Å². The smallest absolute Gasteiger partial charge is 0.331 e. The van der Waals surface area contributed by atoms with Gasteiger partial charge in [0, 0.05) is 40.3 Å². The molecule has 0 aliphatic carbocycles. The van der Waals surface area contributed by atoms with Crippen LogP contribution in [0.3, 0.4) is 0 Å². The van der Waals surface area contributed by atoms with Crippen molar-refractivity contribution < 1.29 is 14.7 Å². The summed E-state index contributed by atoms with van der Waals surface area (Å²) < 4.78 is 0. The molecular formula is C10H20N4O3. The van der Waals surface area contributed by atoms with E-state index in [-0.39, 0.29) is 6.03 Å². The molecule has 0 aromatic rings. The predicted octanol–water partition coefficient (Wildman–Crippen LogP) is -0.737. The van der Waals surface area contributed by atoms with Gasteiger partial charge in [0.05, 0.1) is 0 Å². The number of carboxylic acid groups (broad SMARTS) is 1. The molecule has 1 aliphatic rings. The van der Waals surface area contributed by atoms with E-state index in [2.05, 4.69) is 5.43 Å². The molecule has 1 rings (SSSR count). The number of urea groups is 1. The van der Waals surface area contributed by atoms with Gasteiger partial charge in [0.15, 0.2) is 0 Å². The van der Waals surface area contributed by atoms with Crippen LogP contribution in [0, 0.1) is 0 Å². The van der Waals surface area contributed by atoms with E-state index in [1.54, 1.807) is 30.9 Å². The molecular weight excluding hydrogens is 224 g/mol. The molecule has 2 N–H and O–H groups in total. The lowest BCUT2D eigenvalue weighted by molar-refractivity contribution is -0.143. The molecule has 0 radical (unpaired) electrons. The molecule has 7 heteroatoms. The first kappa shape index (κ1) is 13.7. The average molecular weight is 244 g/mol. The number of hydrogen-bond acceptors (Lipinski definition) is 4. The number of hydrogen-bond donors (Lipinski definition) is 2. The zero-order valence-electron chi connectivity index (χ0n) is 10.5. The molecule has 98 valence electrons. The second kappa shape index (κ2) is 5.83. The molecule has 1 saturated heterocycles. The largest absolute Gasteiger partial charge is 0.480 e. The number of carbonyl (C=O) groups is 2. The lowest BCUT2D eigenvalue weighted by Crippen LogP contribution is -2.56. The summed E-state index contributed by atoms with van der Waals surface area (Å²) in [4.78, 5) is 26.0. The zero-order chi connectivity index (χ0) is 13.0. The predicted molar refractivity (Wildman–Crippen MR) is 62.5 cm³/mol. The summed E-state index contributed by atoms with van der Waals surface area (Å²) in [5.41, 5.74) is 2.66. The van der Waals surface area contributed by atoms with Crippen molar-refractivity contribution in [1.82, 2.24) is 20.2 Å². The number of rotatable bonds is 3. The Morgan fingerprint density at radius 1 is 1.24 bits per heavy atom. The Labute approximate surface area is 101 Å². The topological polar surface area (TPSA) is 76.1 Å². The molecule has 0 bridgehead atoms. The minimum absolute atomic E-state index is 0.141. The molecule has 17 heavy (non-hydrogen) atoms. The average Bonchev–Trinajstić information content (AvgIpc) is 2.27. The Kier molecular flexibility index (Phi) is 4.71. The lowest BCUT2D eigenvalue weighted by Gasteiger charge is -2.36. The highest BCUT2D eigenvalue weighted by Gasteiger charge is 2.27. The lowest BCUT2D eigenvalue weighted by atomic mass is 10.2. The molecule has 0 saturated carbocycles. The molecule has 7 nitrogen and oxygen atoms in total. The first-order valence-electron chi connectivity index (χ1n) is 5.61. The van der Waals surface area contributed by atoms with Gasteiger partial charge in [-0.15, -0.1) is 0 Å². The van der Waals surface area contributed by atoms with E-state index in [9.17, 15) is 9.59 Å². The molecule has 1 aliphatic heterocycles. The third kappa shape index (κ3) is 3.86. The van der Waals surface area contributed by atoms with Crippen molar-refractivity contribution in [2.75, 3.05) is 40.3 Å². The van der Waals surface area contributed by atoms with E-state index < -0.39 is 12.0 Å². The fraction of sp³-hybridized carbons (Fsp3) is 0.800. The van der Waals surface area contributed by atoms with Crippen molar-refractivity contribution in [3.8, 4) is 0 Å². The highest BCUT2D eigenvalue weighted by molar-refractivity contribution is 5.74. The highest BCUT2D eigenvalue weighted by atomic mass is 16.4. The Balaban J connectivity index is 2.40. The molecule has 0 aromatic heterocycles. The van der Waals surface area contributed by atoms with E-state index >= 15 is 0 Å². The van der Waals surface area contributed by atoms with Gasteiger partial charge in [-0.05, 0) is 6.92 Å². The number of carbonyl (C=O) groups excluding carboxylic acids is 1. The Morgan fingerprint density at radius 3 is 2.18 bits per heavy atom. The van der Waals surface area contributed by atoms with Crippen molar-refractivity contribution in [2.24, 2.45) is 0 Å². The molecule has 1 heterocycles. The van der Waals surface area contributed by atoms with Gasteiger partial charge >= 0.3 is 12.0 Å². The van der Waals surface area contributed by atoms with Crippen LogP contribution in [0.4, 0.5) is 4.79 Å². The maximum Gasteiger partial charge on any atom is 0.331 e. The second-order valence-electron chi connectivity index (χ2n) is 4.35. The number of aliphatic carboxylic acids is 1. The van der Waals surface area contributed by atoms with Crippen LogP contribution < -0.4 is 5.43 Å². The maximum atomic E-state index is 11.7. The Bertz CT molecular complexity index is 287. The van der Waals surface area contributed by atoms with Gasteiger partial charge in [-0.2, -0.15) is 0 Å². The zero-order valence-corrected chi connectivity index (χ0v) is 10.5. The SMILES string of the molecule is CC(C(=O)O)N1CCN(C(=O)NN(C)C)CC1. The Hall–Kier alpha value is -1.34. The molecule has 0 aromatic carbocycles. The fourth-order valence-electron chi connectivity index (χ4n) is 1.73. The van der Waals surface area contributed by atoms with Gasteiger partial charge in [-0.3, -0.25) is 15.1 Å². The standard InChI is InChI=1S/C10H20N4O3/c1-8(9(15)16)13-4-6-14(7-5-13)10(17)11-12(2)3/h8H,4-7H2,1-3H3,(H,11,17)(H,15,16). The van der Waals surface area contributed by atoms with Crippen LogP contribution >= 0.6 is 0 Å². The second-order valence-corrected chi connectivity index (χ2v) is 4.35. The van der Waals surface area contributed by atoms with E-state index in [1.165, 1.54) is 0 Å². The summed E-state index contributed by atoms with van der Waals surface area (Å²) in [7, 11) is 3.50. The van der Waals surface area contributed by atoms with Crippen LogP contribution in [0.5, 0.6) is 0 Å². The number of piperazine rings is 1. The van der Waals surface area contributed by atoms with Crippen LogP contribution in [0.25, 0.3) is 0 Å². The molecule has 1 atom stereocenters.